The Bertz CT molecular complexity index is 1040. The van der Waals surface area contributed by atoms with Crippen molar-refractivity contribution in [1.29, 1.82) is 0 Å². The van der Waals surface area contributed by atoms with Crippen LogP contribution in [0.25, 0.3) is 10.9 Å². The third kappa shape index (κ3) is 3.45. The molecular formula is C18H17N5O3S. The van der Waals surface area contributed by atoms with Gasteiger partial charge in [-0.1, -0.05) is 23.4 Å². The van der Waals surface area contributed by atoms with Gasteiger partial charge in [0.2, 0.25) is 5.91 Å². The highest BCUT2D eigenvalue weighted by Crippen LogP contribution is 2.14. The smallest absolute Gasteiger partial charge is 0.278 e. The van der Waals surface area contributed by atoms with E-state index in [1.807, 2.05) is 11.4 Å². The van der Waals surface area contributed by atoms with Gasteiger partial charge in [-0.05, 0) is 23.6 Å². The lowest BCUT2D eigenvalue weighted by Crippen LogP contribution is -2.51. The third-order valence-corrected chi connectivity index (χ3v) is 5.42. The Morgan fingerprint density at radius 3 is 2.48 bits per heavy atom. The SMILES string of the molecule is O=C(Cn1nnc2ccccc2c1=O)N1CCN(C(=O)c2cccs2)CC1. The number of carbonyl (C=O) groups is 2. The minimum Gasteiger partial charge on any atom is -0.338 e. The number of nitrogens with zero attached hydrogens (tertiary/aromatic N) is 5. The summed E-state index contributed by atoms with van der Waals surface area (Å²) in [7, 11) is 0. The third-order valence-electron chi connectivity index (χ3n) is 4.57. The van der Waals surface area contributed by atoms with Crippen molar-refractivity contribution in [3.63, 3.8) is 0 Å². The standard InChI is InChI=1S/C18H17N5O3S/c24-16(12-23-17(25)13-4-1-2-5-14(13)19-20-23)21-7-9-22(10-8-21)18(26)15-6-3-11-27-15/h1-6,11H,7-10,12H2. The van der Waals surface area contributed by atoms with Gasteiger partial charge < -0.3 is 9.80 Å². The summed E-state index contributed by atoms with van der Waals surface area (Å²) >= 11 is 1.41. The van der Waals surface area contributed by atoms with Gasteiger partial charge in [0.05, 0.1) is 10.3 Å². The highest BCUT2D eigenvalue weighted by atomic mass is 32.1. The zero-order chi connectivity index (χ0) is 18.8. The van der Waals surface area contributed by atoms with Crippen LogP contribution in [-0.2, 0) is 11.3 Å². The lowest BCUT2D eigenvalue weighted by molar-refractivity contribution is -0.133. The molecule has 4 rings (SSSR count). The van der Waals surface area contributed by atoms with Crippen LogP contribution < -0.4 is 5.56 Å². The van der Waals surface area contributed by atoms with Crippen LogP contribution in [0.2, 0.25) is 0 Å². The molecule has 2 amide bonds. The summed E-state index contributed by atoms with van der Waals surface area (Å²) in [4.78, 5) is 41.5. The Hall–Kier alpha value is -3.07. The molecule has 1 fully saturated rings. The predicted molar refractivity (Wildman–Crippen MR) is 101 cm³/mol. The second-order valence-corrected chi connectivity index (χ2v) is 7.17. The van der Waals surface area contributed by atoms with Crippen LogP contribution in [0, 0.1) is 0 Å². The van der Waals surface area contributed by atoms with Crippen LogP contribution in [-0.4, -0.2) is 62.8 Å². The number of thiophene rings is 1. The van der Waals surface area contributed by atoms with Gasteiger partial charge >= 0.3 is 0 Å². The molecule has 1 aliphatic rings. The zero-order valence-corrected chi connectivity index (χ0v) is 15.3. The number of piperazine rings is 1. The van der Waals surface area contributed by atoms with Crippen molar-refractivity contribution < 1.29 is 9.59 Å². The van der Waals surface area contributed by atoms with E-state index in [9.17, 15) is 14.4 Å². The summed E-state index contributed by atoms with van der Waals surface area (Å²) in [5.41, 5.74) is 0.173. The number of rotatable bonds is 3. The number of aromatic nitrogens is 3. The molecule has 9 heteroatoms. The Morgan fingerprint density at radius 1 is 1.00 bits per heavy atom. The Balaban J connectivity index is 1.41. The van der Waals surface area contributed by atoms with Crippen LogP contribution in [0.15, 0.2) is 46.6 Å². The zero-order valence-electron chi connectivity index (χ0n) is 14.4. The molecule has 0 bridgehead atoms. The highest BCUT2D eigenvalue weighted by molar-refractivity contribution is 7.12. The predicted octanol–water partition coefficient (Wildman–Crippen LogP) is 0.838. The minimum atomic E-state index is -0.333. The van der Waals surface area contributed by atoms with E-state index in [1.165, 1.54) is 11.3 Å². The molecule has 0 N–H and O–H groups in total. The normalized spacial score (nSPS) is 14.5. The van der Waals surface area contributed by atoms with E-state index in [0.717, 1.165) is 4.68 Å². The first-order valence-corrected chi connectivity index (χ1v) is 9.44. The number of hydrogen-bond acceptors (Lipinski definition) is 6. The van der Waals surface area contributed by atoms with Gasteiger partial charge in [-0.25, -0.2) is 4.68 Å². The summed E-state index contributed by atoms with van der Waals surface area (Å²) in [5, 5.41) is 10.2. The van der Waals surface area contributed by atoms with E-state index in [-0.39, 0.29) is 23.9 Å². The molecule has 2 aromatic heterocycles. The van der Waals surface area contributed by atoms with E-state index in [0.29, 0.717) is 42.0 Å². The quantitative estimate of drug-likeness (QED) is 0.669. The van der Waals surface area contributed by atoms with Crippen LogP contribution in [0.1, 0.15) is 9.67 Å². The number of carbonyl (C=O) groups excluding carboxylic acids is 2. The molecule has 3 heterocycles. The first-order chi connectivity index (χ1) is 13.1. The summed E-state index contributed by atoms with van der Waals surface area (Å²) in [6.45, 7) is 1.66. The fraction of sp³-hybridized carbons (Fsp3) is 0.278. The van der Waals surface area contributed by atoms with Crippen molar-refractivity contribution >= 4 is 34.1 Å². The average molecular weight is 383 g/mol. The second kappa shape index (κ2) is 7.28. The lowest BCUT2D eigenvalue weighted by atomic mass is 10.2. The molecule has 0 atom stereocenters. The van der Waals surface area contributed by atoms with Gasteiger partial charge in [0.15, 0.2) is 0 Å². The van der Waals surface area contributed by atoms with E-state index in [4.69, 9.17) is 0 Å². The summed E-state index contributed by atoms with van der Waals surface area (Å²) in [6, 6.07) is 10.6. The molecule has 0 spiro atoms. The number of amides is 2. The summed E-state index contributed by atoms with van der Waals surface area (Å²) in [5.74, 6) is -0.210. The van der Waals surface area contributed by atoms with Crippen LogP contribution in [0.3, 0.4) is 0 Å². The number of fused-ring (bicyclic) bond motifs is 1. The van der Waals surface area contributed by atoms with Gasteiger partial charge in [-0.3, -0.25) is 14.4 Å². The van der Waals surface area contributed by atoms with Gasteiger partial charge in [-0.2, -0.15) is 0 Å². The molecule has 0 aliphatic carbocycles. The molecule has 1 aliphatic heterocycles. The molecule has 0 unspecified atom stereocenters. The fourth-order valence-corrected chi connectivity index (χ4v) is 3.76. The lowest BCUT2D eigenvalue weighted by Gasteiger charge is -2.34. The minimum absolute atomic E-state index is 0.00582. The highest BCUT2D eigenvalue weighted by Gasteiger charge is 2.25. The van der Waals surface area contributed by atoms with Crippen LogP contribution >= 0.6 is 11.3 Å². The van der Waals surface area contributed by atoms with Gasteiger partial charge in [-0.15, -0.1) is 16.4 Å². The van der Waals surface area contributed by atoms with Crippen molar-refractivity contribution in [2.45, 2.75) is 6.54 Å². The van der Waals surface area contributed by atoms with Crippen molar-refractivity contribution in [2.24, 2.45) is 0 Å². The van der Waals surface area contributed by atoms with Crippen LogP contribution in [0.5, 0.6) is 0 Å². The maximum atomic E-state index is 12.6. The molecule has 1 saturated heterocycles. The second-order valence-electron chi connectivity index (χ2n) is 6.22. The number of hydrogen-bond donors (Lipinski definition) is 0. The van der Waals surface area contributed by atoms with E-state index in [2.05, 4.69) is 10.3 Å². The summed E-state index contributed by atoms with van der Waals surface area (Å²) < 4.78 is 1.09. The Labute approximate surface area is 158 Å². The van der Waals surface area contributed by atoms with Gasteiger partial charge in [0.1, 0.15) is 12.1 Å². The van der Waals surface area contributed by atoms with Crippen molar-refractivity contribution in [1.82, 2.24) is 24.8 Å². The van der Waals surface area contributed by atoms with Gasteiger partial charge in [0.25, 0.3) is 11.5 Å². The van der Waals surface area contributed by atoms with Crippen molar-refractivity contribution in [3.05, 3.63) is 57.0 Å². The largest absolute Gasteiger partial charge is 0.338 e. The first kappa shape index (κ1) is 17.3. The van der Waals surface area contributed by atoms with E-state index in [1.54, 1.807) is 40.1 Å². The van der Waals surface area contributed by atoms with Crippen molar-refractivity contribution in [2.75, 3.05) is 26.2 Å². The molecule has 0 saturated carbocycles. The first-order valence-electron chi connectivity index (χ1n) is 8.56. The Kier molecular flexibility index (Phi) is 4.68. The van der Waals surface area contributed by atoms with E-state index < -0.39 is 0 Å². The maximum Gasteiger partial charge on any atom is 0.278 e. The van der Waals surface area contributed by atoms with E-state index >= 15 is 0 Å². The fourth-order valence-electron chi connectivity index (χ4n) is 3.07. The molecule has 1 aromatic carbocycles. The maximum absolute atomic E-state index is 12.6. The topological polar surface area (TPSA) is 88.4 Å². The summed E-state index contributed by atoms with van der Waals surface area (Å²) in [6.07, 6.45) is 0. The number of benzene rings is 1. The monoisotopic (exact) mass is 383 g/mol. The molecule has 8 nitrogen and oxygen atoms in total. The Morgan fingerprint density at radius 2 is 1.74 bits per heavy atom. The average Bonchev–Trinajstić information content (AvgIpc) is 3.25. The van der Waals surface area contributed by atoms with Crippen LogP contribution in [0.4, 0.5) is 0 Å². The molecule has 138 valence electrons. The van der Waals surface area contributed by atoms with Crippen molar-refractivity contribution in [3.8, 4) is 0 Å². The van der Waals surface area contributed by atoms with Gasteiger partial charge in [0, 0.05) is 26.2 Å². The molecular weight excluding hydrogens is 366 g/mol. The molecule has 3 aromatic rings. The molecule has 0 radical (unpaired) electrons. The molecule has 27 heavy (non-hydrogen) atoms.